The van der Waals surface area contributed by atoms with E-state index in [2.05, 4.69) is 0 Å². The summed E-state index contributed by atoms with van der Waals surface area (Å²) in [6.45, 7) is 0. The van der Waals surface area contributed by atoms with E-state index < -0.39 is 34.4 Å². The fourth-order valence-electron chi connectivity index (χ4n) is 4.11. The van der Waals surface area contributed by atoms with E-state index in [0.717, 1.165) is 38.5 Å². The molecule has 0 radical (unpaired) electrons. The molecule has 0 bridgehead atoms. The van der Waals surface area contributed by atoms with Crippen LogP contribution in [0.25, 0.3) is 6.08 Å². The summed E-state index contributed by atoms with van der Waals surface area (Å²) in [7, 11) is -7.86. The van der Waals surface area contributed by atoms with Crippen molar-refractivity contribution in [1.82, 2.24) is 0 Å². The molecule has 0 saturated heterocycles. The number of phenols is 1. The zero-order valence-electron chi connectivity index (χ0n) is 15.5. The van der Waals surface area contributed by atoms with Gasteiger partial charge in [0.25, 0.3) is 0 Å². The predicted octanol–water partition coefficient (Wildman–Crippen LogP) is 4.19. The number of hydrogen-bond donors (Lipinski definition) is 1. The molecule has 1 aromatic rings. The summed E-state index contributed by atoms with van der Waals surface area (Å²) in [6, 6.07) is 5.96. The first-order valence-corrected chi connectivity index (χ1v) is 12.9. The summed E-state index contributed by atoms with van der Waals surface area (Å²) < 4.78 is 53.0. The van der Waals surface area contributed by atoms with Gasteiger partial charge in [-0.3, -0.25) is 0 Å². The van der Waals surface area contributed by atoms with E-state index in [1.807, 2.05) is 0 Å². The van der Waals surface area contributed by atoms with E-state index in [9.17, 15) is 21.9 Å². The molecule has 7 heteroatoms. The van der Waals surface area contributed by atoms with E-state index in [-0.39, 0.29) is 5.75 Å². The van der Waals surface area contributed by atoms with E-state index >= 15 is 0 Å². The smallest absolute Gasteiger partial charge is 0.192 e. The largest absolute Gasteiger partial charge is 0.508 e. The van der Waals surface area contributed by atoms with Crippen LogP contribution >= 0.6 is 0 Å². The molecule has 1 aromatic carbocycles. The number of rotatable bonds is 5. The van der Waals surface area contributed by atoms with Gasteiger partial charge in [-0.25, -0.2) is 16.8 Å². The number of benzene rings is 1. The quantitative estimate of drug-likeness (QED) is 0.783. The van der Waals surface area contributed by atoms with Crippen molar-refractivity contribution < 1.29 is 21.9 Å². The third-order valence-corrected chi connectivity index (χ3v) is 11.2. The van der Waals surface area contributed by atoms with Gasteiger partial charge in [-0.15, -0.1) is 0 Å². The zero-order valence-corrected chi connectivity index (χ0v) is 17.1. The summed E-state index contributed by atoms with van der Waals surface area (Å²) in [4.78, 5) is 0. The molecular weight excluding hydrogens is 384 g/mol. The zero-order chi connectivity index (χ0) is 19.5. The van der Waals surface area contributed by atoms with Gasteiger partial charge >= 0.3 is 0 Å². The summed E-state index contributed by atoms with van der Waals surface area (Å²) in [5, 5.41) is 8.23. The van der Waals surface area contributed by atoms with Gasteiger partial charge in [-0.05, 0) is 49.5 Å². The van der Waals surface area contributed by atoms with Crippen molar-refractivity contribution in [3.8, 4) is 5.75 Å². The Morgan fingerprint density at radius 1 is 0.741 bits per heavy atom. The van der Waals surface area contributed by atoms with Crippen molar-refractivity contribution in [2.75, 3.05) is 0 Å². The van der Waals surface area contributed by atoms with Gasteiger partial charge in [-0.1, -0.05) is 50.7 Å². The van der Waals surface area contributed by atoms with Gasteiger partial charge in [0, 0.05) is 0 Å². The Morgan fingerprint density at radius 2 is 1.15 bits per heavy atom. The summed E-state index contributed by atoms with van der Waals surface area (Å²) in [6.07, 6.45) is 8.67. The normalized spacial score (nSPS) is 20.3. The molecular formula is C20H28O5S2. The van der Waals surface area contributed by atoms with Crippen LogP contribution in [0.15, 0.2) is 28.5 Å². The molecule has 2 aliphatic carbocycles. The number of aromatic hydroxyl groups is 1. The molecule has 150 valence electrons. The van der Waals surface area contributed by atoms with Crippen molar-refractivity contribution in [3.05, 3.63) is 34.1 Å². The standard InChI is InChI=1S/C20H28O5S2/c21-17-13-11-16(12-14-17)15-20(26(22,23)18-7-3-1-4-8-18)27(24,25)19-9-5-2-6-10-19/h11-15,18-19,21H,1-10H2. The Morgan fingerprint density at radius 3 is 1.56 bits per heavy atom. The third-order valence-electron chi connectivity index (χ3n) is 5.72. The average Bonchev–Trinajstić information content (AvgIpc) is 2.68. The average molecular weight is 413 g/mol. The van der Waals surface area contributed by atoms with E-state index in [1.165, 1.54) is 18.2 Å². The van der Waals surface area contributed by atoms with Crippen molar-refractivity contribution in [2.45, 2.75) is 74.7 Å². The molecule has 0 atom stereocenters. The fraction of sp³-hybridized carbons (Fsp3) is 0.600. The maximum Gasteiger partial charge on any atom is 0.192 e. The van der Waals surface area contributed by atoms with Crippen molar-refractivity contribution >= 4 is 25.8 Å². The minimum absolute atomic E-state index is 0.0546. The van der Waals surface area contributed by atoms with E-state index in [1.54, 1.807) is 12.1 Å². The molecule has 1 N–H and O–H groups in total. The van der Waals surface area contributed by atoms with Crippen LogP contribution in [-0.4, -0.2) is 32.4 Å². The van der Waals surface area contributed by atoms with Crippen LogP contribution in [0, 0.1) is 0 Å². The van der Waals surface area contributed by atoms with Gasteiger partial charge in [0.05, 0.1) is 10.5 Å². The summed E-state index contributed by atoms with van der Waals surface area (Å²) >= 11 is 0. The Labute approximate surface area is 162 Å². The first kappa shape index (κ1) is 20.4. The third kappa shape index (κ3) is 4.57. The lowest BCUT2D eigenvalue weighted by atomic mass is 10.0. The van der Waals surface area contributed by atoms with Gasteiger partial charge in [0.2, 0.25) is 0 Å². The van der Waals surface area contributed by atoms with E-state index in [4.69, 9.17) is 0 Å². The SMILES string of the molecule is O=S(=O)(C(=Cc1ccc(O)cc1)S(=O)(=O)C1CCCCC1)C1CCCCC1. The Bertz CT molecular complexity index is 821. The van der Waals surface area contributed by atoms with Crippen molar-refractivity contribution in [1.29, 1.82) is 0 Å². The number of phenolic OH excluding ortho intramolecular Hbond substituents is 1. The van der Waals surface area contributed by atoms with Crippen LogP contribution < -0.4 is 0 Å². The van der Waals surface area contributed by atoms with Gasteiger partial charge in [-0.2, -0.15) is 0 Å². The predicted molar refractivity (Wildman–Crippen MR) is 108 cm³/mol. The minimum atomic E-state index is -3.93. The highest BCUT2D eigenvalue weighted by Gasteiger charge is 2.41. The van der Waals surface area contributed by atoms with Crippen molar-refractivity contribution in [3.63, 3.8) is 0 Å². The lowest BCUT2D eigenvalue weighted by molar-refractivity contribution is 0.475. The van der Waals surface area contributed by atoms with Crippen LogP contribution in [-0.2, 0) is 19.7 Å². The highest BCUT2D eigenvalue weighted by molar-refractivity contribution is 8.15. The van der Waals surface area contributed by atoms with Crippen LogP contribution in [0.1, 0.15) is 69.8 Å². The molecule has 0 aliphatic heterocycles. The van der Waals surface area contributed by atoms with Gasteiger partial charge < -0.3 is 5.11 Å². The second kappa shape index (κ2) is 8.35. The Hall–Kier alpha value is -1.34. The van der Waals surface area contributed by atoms with Crippen LogP contribution in [0.4, 0.5) is 0 Å². The molecule has 0 amide bonds. The van der Waals surface area contributed by atoms with Crippen LogP contribution in [0.3, 0.4) is 0 Å². The first-order valence-electron chi connectivity index (χ1n) is 9.80. The molecule has 2 aliphatic rings. The summed E-state index contributed by atoms with van der Waals surface area (Å²) in [5.74, 6) is 0.0546. The van der Waals surface area contributed by atoms with Gasteiger partial charge in [0.1, 0.15) is 5.75 Å². The molecule has 0 aromatic heterocycles. The second-order valence-electron chi connectivity index (χ2n) is 7.66. The van der Waals surface area contributed by atoms with Crippen LogP contribution in [0.5, 0.6) is 5.75 Å². The van der Waals surface area contributed by atoms with Crippen LogP contribution in [0.2, 0.25) is 0 Å². The first-order chi connectivity index (χ1) is 12.8. The Kier molecular flexibility index (Phi) is 6.31. The molecule has 5 nitrogen and oxygen atoms in total. The molecule has 3 rings (SSSR count). The maximum atomic E-state index is 13.3. The highest BCUT2D eigenvalue weighted by Crippen LogP contribution is 2.36. The van der Waals surface area contributed by atoms with E-state index in [0.29, 0.717) is 31.2 Å². The number of sulfone groups is 2. The number of hydrogen-bond acceptors (Lipinski definition) is 5. The lowest BCUT2D eigenvalue weighted by Gasteiger charge is -2.27. The lowest BCUT2D eigenvalue weighted by Crippen LogP contribution is -2.33. The molecule has 2 saturated carbocycles. The van der Waals surface area contributed by atoms with Gasteiger partial charge in [0.15, 0.2) is 23.9 Å². The fourth-order valence-corrected chi connectivity index (χ4v) is 9.39. The molecule has 0 spiro atoms. The molecule has 0 unspecified atom stereocenters. The Balaban J connectivity index is 2.06. The molecule has 0 heterocycles. The topological polar surface area (TPSA) is 88.5 Å². The highest BCUT2D eigenvalue weighted by atomic mass is 32.3. The summed E-state index contributed by atoms with van der Waals surface area (Å²) in [5.41, 5.74) is 0.474. The molecule has 27 heavy (non-hydrogen) atoms. The van der Waals surface area contributed by atoms with Crippen molar-refractivity contribution in [2.24, 2.45) is 0 Å². The monoisotopic (exact) mass is 412 g/mol. The second-order valence-corrected chi connectivity index (χ2v) is 12.3. The molecule has 2 fully saturated rings. The minimum Gasteiger partial charge on any atom is -0.508 e. The maximum absolute atomic E-state index is 13.3.